The third kappa shape index (κ3) is 4.51. The van der Waals surface area contributed by atoms with Crippen LogP contribution in [0.3, 0.4) is 0 Å². The van der Waals surface area contributed by atoms with E-state index in [2.05, 4.69) is 4.98 Å². The molecule has 0 bridgehead atoms. The summed E-state index contributed by atoms with van der Waals surface area (Å²) in [6, 6.07) is 9.29. The number of aryl methyl sites for hydroxylation is 1. The number of esters is 1. The number of benzene rings is 2. The molecule has 0 spiro atoms. The van der Waals surface area contributed by atoms with Crippen molar-refractivity contribution < 1.29 is 24.0 Å². The van der Waals surface area contributed by atoms with Crippen LogP contribution < -0.4 is 10.3 Å². The molecule has 36 heavy (non-hydrogen) atoms. The minimum absolute atomic E-state index is 0.114. The van der Waals surface area contributed by atoms with Crippen molar-refractivity contribution in [1.82, 2.24) is 4.98 Å². The molecular weight excluding hydrogens is 476 g/mol. The zero-order valence-corrected chi connectivity index (χ0v) is 21.5. The Bertz CT molecular complexity index is 1450. The molecule has 0 amide bonds. The molecule has 0 radical (unpaired) electrons. The van der Waals surface area contributed by atoms with Gasteiger partial charge in [-0.1, -0.05) is 19.1 Å². The zero-order valence-electron chi connectivity index (χ0n) is 20.7. The van der Waals surface area contributed by atoms with E-state index in [9.17, 15) is 14.7 Å². The summed E-state index contributed by atoms with van der Waals surface area (Å²) in [5.74, 6) is -0.727. The Hall–Kier alpha value is -3.23. The quantitative estimate of drug-likeness (QED) is 0.374. The standard InChI is InChI=1S/C28H30N2O5S/c1-3-17-15-18-24(32)22(27-29-20-11-7-8-12-21(20)36-27)26(28(33)34-4-2)35-25(18)19(23(17)31)16-30-13-9-5-6-10-14-30/h7-8,11-12,15,31H,3-6,9-10,13-14,16H2,1-2H3/p+1. The molecule has 2 aromatic heterocycles. The second-order valence-electron chi connectivity index (χ2n) is 9.28. The first-order valence-corrected chi connectivity index (χ1v) is 13.5. The summed E-state index contributed by atoms with van der Waals surface area (Å²) in [6.45, 7) is 6.33. The van der Waals surface area contributed by atoms with Gasteiger partial charge in [0, 0.05) is 0 Å². The highest BCUT2D eigenvalue weighted by Gasteiger charge is 2.29. The number of hydrogen-bond donors (Lipinski definition) is 2. The summed E-state index contributed by atoms with van der Waals surface area (Å²) in [5, 5.41) is 12.0. The van der Waals surface area contributed by atoms with Crippen LogP contribution >= 0.6 is 11.3 Å². The Kier molecular flexibility index (Phi) is 7.07. The number of carbonyl (C=O) groups excluding carboxylic acids is 1. The lowest BCUT2D eigenvalue weighted by atomic mass is 10.00. The number of fused-ring (bicyclic) bond motifs is 2. The van der Waals surface area contributed by atoms with Crippen molar-refractivity contribution in [3.8, 4) is 16.3 Å². The number of hydrogen-bond acceptors (Lipinski definition) is 7. The van der Waals surface area contributed by atoms with Gasteiger partial charge in [0.05, 0.1) is 40.9 Å². The Morgan fingerprint density at radius 3 is 2.61 bits per heavy atom. The molecule has 1 saturated heterocycles. The van der Waals surface area contributed by atoms with Gasteiger partial charge in [-0.05, 0) is 62.8 Å². The molecule has 0 saturated carbocycles. The van der Waals surface area contributed by atoms with E-state index in [4.69, 9.17) is 9.15 Å². The predicted octanol–water partition coefficient (Wildman–Crippen LogP) is 4.47. The maximum Gasteiger partial charge on any atom is 0.375 e. The summed E-state index contributed by atoms with van der Waals surface area (Å²) in [6.07, 6.45) is 5.24. The van der Waals surface area contributed by atoms with Gasteiger partial charge >= 0.3 is 5.97 Å². The van der Waals surface area contributed by atoms with Gasteiger partial charge in [-0.15, -0.1) is 11.3 Å². The maximum atomic E-state index is 14.0. The van der Waals surface area contributed by atoms with Gasteiger partial charge < -0.3 is 19.2 Å². The number of carbonyl (C=O) groups is 1. The summed E-state index contributed by atoms with van der Waals surface area (Å²) in [7, 11) is 0. The van der Waals surface area contributed by atoms with Crippen molar-refractivity contribution in [3.05, 3.63) is 57.4 Å². The number of phenolic OH excluding ortho intramolecular Hbond substituents is 1. The Morgan fingerprint density at radius 1 is 1.17 bits per heavy atom. The Balaban J connectivity index is 1.77. The second kappa shape index (κ2) is 10.4. The van der Waals surface area contributed by atoms with Crippen LogP contribution in [0.1, 0.15) is 61.2 Å². The molecule has 0 atom stereocenters. The number of nitrogens with one attached hydrogen (secondary N) is 1. The van der Waals surface area contributed by atoms with Gasteiger partial charge in [-0.25, -0.2) is 9.78 Å². The van der Waals surface area contributed by atoms with E-state index < -0.39 is 5.97 Å². The largest absolute Gasteiger partial charge is 0.507 e. The van der Waals surface area contributed by atoms with Crippen LogP contribution in [0.2, 0.25) is 0 Å². The highest BCUT2D eigenvalue weighted by atomic mass is 32.1. The lowest BCUT2D eigenvalue weighted by molar-refractivity contribution is -0.913. The number of quaternary nitrogens is 1. The fourth-order valence-corrected chi connectivity index (χ4v) is 6.06. The number of ether oxygens (including phenoxy) is 1. The van der Waals surface area contributed by atoms with Crippen molar-refractivity contribution in [2.75, 3.05) is 19.7 Å². The topological polar surface area (TPSA) is 94.1 Å². The van der Waals surface area contributed by atoms with Gasteiger partial charge in [0.1, 0.15) is 22.9 Å². The number of likely N-dealkylation sites (tertiary alicyclic amines) is 1. The summed E-state index contributed by atoms with van der Waals surface area (Å²) < 4.78 is 12.4. The van der Waals surface area contributed by atoms with Gasteiger partial charge in [0.15, 0.2) is 5.58 Å². The second-order valence-corrected chi connectivity index (χ2v) is 10.3. The van der Waals surface area contributed by atoms with Crippen LogP contribution in [0.5, 0.6) is 5.75 Å². The number of para-hydroxylation sites is 1. The van der Waals surface area contributed by atoms with Crippen LogP contribution in [0, 0.1) is 0 Å². The lowest BCUT2D eigenvalue weighted by Gasteiger charge is -2.20. The average molecular weight is 508 g/mol. The van der Waals surface area contributed by atoms with Crippen molar-refractivity contribution in [2.24, 2.45) is 0 Å². The van der Waals surface area contributed by atoms with E-state index in [1.165, 1.54) is 29.1 Å². The molecule has 188 valence electrons. The molecule has 0 unspecified atom stereocenters. The number of thiazole rings is 1. The molecule has 1 aliphatic heterocycles. The number of nitrogens with zero attached hydrogens (tertiary/aromatic N) is 1. The van der Waals surface area contributed by atoms with E-state index in [1.54, 1.807) is 13.0 Å². The van der Waals surface area contributed by atoms with Crippen LogP contribution in [0.15, 0.2) is 39.5 Å². The van der Waals surface area contributed by atoms with Crippen molar-refractivity contribution in [2.45, 2.75) is 52.5 Å². The first-order valence-electron chi connectivity index (χ1n) is 12.7. The fourth-order valence-electron chi connectivity index (χ4n) is 5.05. The van der Waals surface area contributed by atoms with E-state index >= 15 is 0 Å². The molecule has 1 fully saturated rings. The Morgan fingerprint density at radius 2 is 1.92 bits per heavy atom. The molecule has 5 rings (SSSR count). The molecule has 7 nitrogen and oxygen atoms in total. The van der Waals surface area contributed by atoms with Crippen molar-refractivity contribution in [1.29, 1.82) is 0 Å². The highest BCUT2D eigenvalue weighted by molar-refractivity contribution is 7.21. The molecular formula is C28H31N2O5S+. The predicted molar refractivity (Wildman–Crippen MR) is 141 cm³/mol. The molecule has 2 N–H and O–H groups in total. The van der Waals surface area contributed by atoms with Gasteiger partial charge in [-0.3, -0.25) is 4.79 Å². The molecule has 3 heterocycles. The third-order valence-electron chi connectivity index (χ3n) is 6.92. The normalized spacial score (nSPS) is 14.8. The van der Waals surface area contributed by atoms with Crippen LogP contribution in [0.4, 0.5) is 0 Å². The lowest BCUT2D eigenvalue weighted by Crippen LogP contribution is -3.10. The molecule has 8 heteroatoms. The van der Waals surface area contributed by atoms with E-state index in [-0.39, 0.29) is 34.7 Å². The first-order chi connectivity index (χ1) is 17.5. The summed E-state index contributed by atoms with van der Waals surface area (Å²) in [5.41, 5.74) is 2.07. The number of aromatic hydroxyl groups is 1. The minimum atomic E-state index is -0.710. The first kappa shape index (κ1) is 24.5. The number of phenols is 1. The van der Waals surface area contributed by atoms with Crippen LogP contribution in [-0.2, 0) is 17.7 Å². The molecule has 4 aromatic rings. The minimum Gasteiger partial charge on any atom is -0.507 e. The average Bonchev–Trinajstić information content (AvgIpc) is 3.13. The smallest absolute Gasteiger partial charge is 0.375 e. The van der Waals surface area contributed by atoms with E-state index in [1.807, 2.05) is 31.2 Å². The SMILES string of the molecule is CCOC(=O)c1oc2c(C[NH+]3CCCCCC3)c(O)c(CC)cc2c(=O)c1-c1nc2ccccc2s1. The maximum absolute atomic E-state index is 14.0. The Labute approximate surface area is 213 Å². The third-order valence-corrected chi connectivity index (χ3v) is 7.97. The molecule has 2 aromatic carbocycles. The van der Waals surface area contributed by atoms with Gasteiger partial charge in [-0.2, -0.15) is 0 Å². The highest BCUT2D eigenvalue weighted by Crippen LogP contribution is 2.36. The van der Waals surface area contributed by atoms with E-state index in [0.717, 1.165) is 36.1 Å². The van der Waals surface area contributed by atoms with Crippen molar-refractivity contribution in [3.63, 3.8) is 0 Å². The zero-order chi connectivity index (χ0) is 25.2. The number of aromatic nitrogens is 1. The summed E-state index contributed by atoms with van der Waals surface area (Å²) >= 11 is 1.34. The van der Waals surface area contributed by atoms with Crippen LogP contribution in [-0.4, -0.2) is 35.8 Å². The van der Waals surface area contributed by atoms with Crippen molar-refractivity contribution >= 4 is 38.5 Å². The molecule has 1 aliphatic rings. The van der Waals surface area contributed by atoms with Gasteiger partial charge in [0.2, 0.25) is 11.2 Å². The van der Waals surface area contributed by atoms with Gasteiger partial charge in [0.25, 0.3) is 0 Å². The molecule has 0 aliphatic carbocycles. The fraction of sp³-hybridized carbons (Fsp3) is 0.393. The van der Waals surface area contributed by atoms with E-state index in [0.29, 0.717) is 34.5 Å². The summed E-state index contributed by atoms with van der Waals surface area (Å²) in [4.78, 5) is 33.1. The van der Waals surface area contributed by atoms with Crippen LogP contribution in [0.25, 0.3) is 31.8 Å². The monoisotopic (exact) mass is 507 g/mol. The number of rotatable bonds is 6.